The number of rotatable bonds is 3. The number of aryl methyl sites for hydroxylation is 1. The van der Waals surface area contributed by atoms with Crippen molar-refractivity contribution in [1.29, 1.82) is 0 Å². The molecule has 2 atom stereocenters. The zero-order valence-corrected chi connectivity index (χ0v) is 12.7. The Morgan fingerprint density at radius 1 is 1.37 bits per heavy atom. The highest BCUT2D eigenvalue weighted by molar-refractivity contribution is 7.89. The van der Waals surface area contributed by atoms with E-state index in [1.165, 1.54) is 6.07 Å². The summed E-state index contributed by atoms with van der Waals surface area (Å²) < 4.78 is 27.4. The highest BCUT2D eigenvalue weighted by Crippen LogP contribution is 2.29. The Morgan fingerprint density at radius 2 is 2.05 bits per heavy atom. The van der Waals surface area contributed by atoms with Crippen molar-refractivity contribution < 1.29 is 8.42 Å². The maximum atomic E-state index is 12.3. The van der Waals surface area contributed by atoms with Crippen molar-refractivity contribution in [1.82, 2.24) is 4.72 Å². The third-order valence-electron chi connectivity index (χ3n) is 3.58. The predicted molar refractivity (Wildman–Crippen MR) is 77.7 cm³/mol. The Hall–Kier alpha value is -0.780. The summed E-state index contributed by atoms with van der Waals surface area (Å²) >= 11 is 5.95. The lowest BCUT2D eigenvalue weighted by molar-refractivity contribution is 0.538. The van der Waals surface area contributed by atoms with E-state index in [0.29, 0.717) is 22.2 Å². The van der Waals surface area contributed by atoms with Crippen LogP contribution in [0.3, 0.4) is 0 Å². The molecule has 0 spiro atoms. The minimum Gasteiger partial charge on any atom is -0.397 e. The number of benzene rings is 1. The molecule has 2 rings (SSSR count). The van der Waals surface area contributed by atoms with Gasteiger partial charge in [-0.2, -0.15) is 0 Å². The predicted octanol–water partition coefficient (Wildman–Crippen LogP) is 2.70. The van der Waals surface area contributed by atoms with Crippen LogP contribution in [0.1, 0.15) is 31.7 Å². The standard InChI is InChI=1S/C13H19ClN2O2S/c1-8-3-4-10(5-8)16-19(17,18)11-6-9(2)13(14)12(15)7-11/h6-8,10,16H,3-5,15H2,1-2H3. The summed E-state index contributed by atoms with van der Waals surface area (Å²) in [5, 5.41) is 0.411. The number of hydrogen-bond donors (Lipinski definition) is 2. The fourth-order valence-corrected chi connectivity index (χ4v) is 4.03. The Morgan fingerprint density at radius 3 is 2.58 bits per heavy atom. The summed E-state index contributed by atoms with van der Waals surface area (Å²) in [7, 11) is -3.52. The second-order valence-electron chi connectivity index (χ2n) is 5.38. The second-order valence-corrected chi connectivity index (χ2v) is 7.47. The average molecular weight is 303 g/mol. The fourth-order valence-electron chi connectivity index (χ4n) is 2.52. The topological polar surface area (TPSA) is 72.2 Å². The van der Waals surface area contributed by atoms with Crippen LogP contribution in [0.2, 0.25) is 5.02 Å². The van der Waals surface area contributed by atoms with Crippen molar-refractivity contribution in [2.75, 3.05) is 5.73 Å². The van der Waals surface area contributed by atoms with Gasteiger partial charge in [-0.1, -0.05) is 18.5 Å². The largest absolute Gasteiger partial charge is 0.397 e. The number of nitrogen functional groups attached to an aromatic ring is 1. The number of hydrogen-bond acceptors (Lipinski definition) is 3. The maximum Gasteiger partial charge on any atom is 0.240 e. The van der Waals surface area contributed by atoms with Crippen molar-refractivity contribution >= 4 is 27.3 Å². The Labute approximate surface area is 119 Å². The molecule has 0 aromatic heterocycles. The van der Waals surface area contributed by atoms with Crippen LogP contribution in [0.4, 0.5) is 5.69 Å². The van der Waals surface area contributed by atoms with E-state index in [9.17, 15) is 8.42 Å². The van der Waals surface area contributed by atoms with Gasteiger partial charge in [0.25, 0.3) is 0 Å². The molecule has 4 nitrogen and oxygen atoms in total. The van der Waals surface area contributed by atoms with E-state index in [1.807, 2.05) is 0 Å². The van der Waals surface area contributed by atoms with Crippen molar-refractivity contribution in [3.8, 4) is 0 Å². The van der Waals surface area contributed by atoms with Crippen LogP contribution in [0.25, 0.3) is 0 Å². The summed E-state index contributed by atoms with van der Waals surface area (Å²) in [5.74, 6) is 0.574. The molecule has 0 heterocycles. The van der Waals surface area contributed by atoms with Gasteiger partial charge in [0.1, 0.15) is 0 Å². The van der Waals surface area contributed by atoms with Crippen LogP contribution < -0.4 is 10.5 Å². The molecule has 19 heavy (non-hydrogen) atoms. The van der Waals surface area contributed by atoms with Gasteiger partial charge in [-0.3, -0.25) is 0 Å². The molecule has 0 amide bonds. The SMILES string of the molecule is Cc1cc(S(=O)(=O)NC2CCC(C)C2)cc(N)c1Cl. The molecule has 1 aliphatic rings. The number of nitrogens with two attached hydrogens (primary N) is 1. The summed E-state index contributed by atoms with van der Waals surface area (Å²) in [6, 6.07) is 2.99. The van der Waals surface area contributed by atoms with Crippen molar-refractivity contribution in [2.45, 2.75) is 44.0 Å². The normalized spacial score (nSPS) is 23.7. The first-order valence-electron chi connectivity index (χ1n) is 6.37. The third-order valence-corrected chi connectivity index (χ3v) is 5.60. The average Bonchev–Trinajstić information content (AvgIpc) is 2.70. The molecule has 1 aromatic rings. The molecule has 106 valence electrons. The zero-order valence-electron chi connectivity index (χ0n) is 11.1. The van der Waals surface area contributed by atoms with Gasteiger partial charge >= 0.3 is 0 Å². The van der Waals surface area contributed by atoms with E-state index in [-0.39, 0.29) is 10.9 Å². The summed E-state index contributed by atoms with van der Waals surface area (Å²) in [5.41, 5.74) is 6.69. The van der Waals surface area contributed by atoms with E-state index in [0.717, 1.165) is 19.3 Å². The lowest BCUT2D eigenvalue weighted by Crippen LogP contribution is -2.33. The van der Waals surface area contributed by atoms with E-state index in [4.69, 9.17) is 17.3 Å². The fraction of sp³-hybridized carbons (Fsp3) is 0.538. The molecule has 6 heteroatoms. The minimum atomic E-state index is -3.52. The second kappa shape index (κ2) is 5.31. The van der Waals surface area contributed by atoms with E-state index >= 15 is 0 Å². The van der Waals surface area contributed by atoms with Gasteiger partial charge in [0.2, 0.25) is 10.0 Å². The van der Waals surface area contributed by atoms with Gasteiger partial charge in [0, 0.05) is 6.04 Å². The molecule has 0 radical (unpaired) electrons. The van der Waals surface area contributed by atoms with Crippen LogP contribution in [0.5, 0.6) is 0 Å². The molecule has 2 unspecified atom stereocenters. The smallest absolute Gasteiger partial charge is 0.240 e. The van der Waals surface area contributed by atoms with Gasteiger partial charge in [0.05, 0.1) is 15.6 Å². The van der Waals surface area contributed by atoms with Crippen LogP contribution in [-0.4, -0.2) is 14.5 Å². The van der Waals surface area contributed by atoms with Gasteiger partial charge < -0.3 is 5.73 Å². The van der Waals surface area contributed by atoms with Gasteiger partial charge in [-0.15, -0.1) is 0 Å². The molecule has 0 aliphatic heterocycles. The quantitative estimate of drug-likeness (QED) is 0.843. The van der Waals surface area contributed by atoms with Gasteiger partial charge in [0.15, 0.2) is 0 Å². The summed E-state index contributed by atoms with van der Waals surface area (Å²) in [6.07, 6.45) is 2.85. The van der Waals surface area contributed by atoms with E-state index < -0.39 is 10.0 Å². The molecule has 3 N–H and O–H groups in total. The van der Waals surface area contributed by atoms with E-state index in [1.54, 1.807) is 13.0 Å². The first-order chi connectivity index (χ1) is 8.79. The van der Waals surface area contributed by atoms with Crippen molar-refractivity contribution in [3.63, 3.8) is 0 Å². The molecular formula is C13H19ClN2O2S. The Kier molecular flexibility index (Phi) is 4.08. The summed E-state index contributed by atoms with van der Waals surface area (Å²) in [6.45, 7) is 3.88. The lowest BCUT2D eigenvalue weighted by Gasteiger charge is -2.14. The van der Waals surface area contributed by atoms with Crippen LogP contribution >= 0.6 is 11.6 Å². The number of anilines is 1. The lowest BCUT2D eigenvalue weighted by atomic mass is 10.1. The monoisotopic (exact) mass is 302 g/mol. The molecule has 1 aliphatic carbocycles. The zero-order chi connectivity index (χ0) is 14.2. The Balaban J connectivity index is 2.25. The molecular weight excluding hydrogens is 284 g/mol. The molecule has 0 bridgehead atoms. The first kappa shape index (κ1) is 14.6. The first-order valence-corrected chi connectivity index (χ1v) is 8.23. The van der Waals surface area contributed by atoms with Crippen LogP contribution in [0.15, 0.2) is 17.0 Å². The highest BCUT2D eigenvalue weighted by Gasteiger charge is 2.27. The van der Waals surface area contributed by atoms with Crippen molar-refractivity contribution in [2.24, 2.45) is 5.92 Å². The molecule has 0 saturated heterocycles. The maximum absolute atomic E-state index is 12.3. The van der Waals surface area contributed by atoms with Crippen LogP contribution in [0, 0.1) is 12.8 Å². The number of sulfonamides is 1. The van der Waals surface area contributed by atoms with Gasteiger partial charge in [-0.25, -0.2) is 13.1 Å². The minimum absolute atomic E-state index is 0.0252. The van der Waals surface area contributed by atoms with Crippen LogP contribution in [-0.2, 0) is 10.0 Å². The molecule has 1 saturated carbocycles. The number of nitrogens with one attached hydrogen (secondary N) is 1. The number of halogens is 1. The summed E-state index contributed by atoms with van der Waals surface area (Å²) in [4.78, 5) is 0.187. The Bertz CT molecular complexity index is 563. The van der Waals surface area contributed by atoms with Crippen molar-refractivity contribution in [3.05, 3.63) is 22.7 Å². The molecule has 1 fully saturated rings. The van der Waals surface area contributed by atoms with Gasteiger partial charge in [-0.05, 0) is 49.8 Å². The highest BCUT2D eigenvalue weighted by atomic mass is 35.5. The molecule has 1 aromatic carbocycles. The van der Waals surface area contributed by atoms with E-state index in [2.05, 4.69) is 11.6 Å². The third kappa shape index (κ3) is 3.22.